The van der Waals surface area contributed by atoms with E-state index in [-0.39, 0.29) is 34.5 Å². The number of sulfonamides is 1. The maximum absolute atomic E-state index is 11.2. The molecule has 0 radical (unpaired) electrons. The van der Waals surface area contributed by atoms with Gasteiger partial charge in [-0.3, -0.25) is 0 Å². The van der Waals surface area contributed by atoms with Gasteiger partial charge in [-0.1, -0.05) is 15.9 Å². The fourth-order valence-electron chi connectivity index (χ4n) is 0.732. The summed E-state index contributed by atoms with van der Waals surface area (Å²) in [5.74, 6) is 0. The van der Waals surface area contributed by atoms with Gasteiger partial charge in [0, 0.05) is 4.47 Å². The summed E-state index contributed by atoms with van der Waals surface area (Å²) in [6, 6.07) is 6.44. The molecule has 0 aliphatic heterocycles. The van der Waals surface area contributed by atoms with Gasteiger partial charge in [-0.05, 0) is 31.3 Å². The van der Waals surface area contributed by atoms with Crippen molar-refractivity contribution in [2.24, 2.45) is 0 Å². The molecule has 0 aliphatic rings. The molecule has 1 aromatic carbocycles. The normalized spacial score (nSPS) is 10.6. The molecule has 0 fully saturated rings. The molecule has 13 heavy (non-hydrogen) atoms. The SMILES string of the molecule is CNS(=O)(=O)c1ccc(Br)cc1.[NaH]. The number of hydrogen-bond acceptors (Lipinski definition) is 2. The monoisotopic (exact) mass is 273 g/mol. The quantitative estimate of drug-likeness (QED) is 0.807. The van der Waals surface area contributed by atoms with E-state index in [1.807, 2.05) is 0 Å². The first-order valence-electron chi connectivity index (χ1n) is 3.25. The van der Waals surface area contributed by atoms with E-state index < -0.39 is 10.0 Å². The summed E-state index contributed by atoms with van der Waals surface area (Å²) >= 11 is 3.22. The van der Waals surface area contributed by atoms with Crippen LogP contribution in [0.4, 0.5) is 0 Å². The van der Waals surface area contributed by atoms with Crippen LogP contribution < -0.4 is 4.72 Å². The standard InChI is InChI=1S/C7H8BrNO2S.Na.H/c1-9-12(10,11)7-4-2-6(8)3-5-7;;/h2-5,9H,1H3;;. The third kappa shape index (κ3) is 3.69. The fourth-order valence-corrected chi connectivity index (χ4v) is 1.73. The van der Waals surface area contributed by atoms with Crippen molar-refractivity contribution in [3.63, 3.8) is 0 Å². The Morgan fingerprint density at radius 3 is 2.08 bits per heavy atom. The molecule has 3 nitrogen and oxygen atoms in total. The average Bonchev–Trinajstić information content (AvgIpc) is 2.05. The van der Waals surface area contributed by atoms with E-state index in [0.29, 0.717) is 0 Å². The molecule has 1 rings (SSSR count). The zero-order valence-corrected chi connectivity index (χ0v) is 8.81. The van der Waals surface area contributed by atoms with Gasteiger partial charge in [0.1, 0.15) is 0 Å². The van der Waals surface area contributed by atoms with Crippen LogP contribution in [-0.4, -0.2) is 45.0 Å². The van der Waals surface area contributed by atoms with Crippen LogP contribution in [0.2, 0.25) is 0 Å². The van der Waals surface area contributed by atoms with E-state index in [4.69, 9.17) is 0 Å². The summed E-state index contributed by atoms with van der Waals surface area (Å²) in [6.45, 7) is 0. The van der Waals surface area contributed by atoms with Crippen molar-refractivity contribution in [1.29, 1.82) is 0 Å². The van der Waals surface area contributed by atoms with Crippen molar-refractivity contribution in [2.45, 2.75) is 4.90 Å². The van der Waals surface area contributed by atoms with Crippen LogP contribution in [0.25, 0.3) is 0 Å². The van der Waals surface area contributed by atoms with E-state index in [9.17, 15) is 8.42 Å². The predicted octanol–water partition coefficient (Wildman–Crippen LogP) is 0.709. The van der Waals surface area contributed by atoms with Crippen molar-refractivity contribution in [1.82, 2.24) is 4.72 Å². The molecule has 0 bridgehead atoms. The summed E-state index contributed by atoms with van der Waals surface area (Å²) in [6.07, 6.45) is 0. The van der Waals surface area contributed by atoms with Crippen LogP contribution in [0, 0.1) is 0 Å². The summed E-state index contributed by atoms with van der Waals surface area (Å²) in [5.41, 5.74) is 0. The van der Waals surface area contributed by atoms with Gasteiger partial charge >= 0.3 is 29.6 Å². The third-order valence-electron chi connectivity index (χ3n) is 1.39. The molecule has 0 saturated carbocycles. The summed E-state index contributed by atoms with van der Waals surface area (Å²) in [5, 5.41) is 0. The van der Waals surface area contributed by atoms with Crippen LogP contribution in [0.3, 0.4) is 0 Å². The summed E-state index contributed by atoms with van der Waals surface area (Å²) < 4.78 is 25.5. The van der Waals surface area contributed by atoms with E-state index in [0.717, 1.165) is 4.47 Å². The van der Waals surface area contributed by atoms with Crippen molar-refractivity contribution in [3.05, 3.63) is 28.7 Å². The number of halogens is 1. The molecule has 0 saturated heterocycles. The van der Waals surface area contributed by atoms with Crippen LogP contribution in [0.15, 0.2) is 33.6 Å². The molecule has 0 spiro atoms. The second-order valence-corrected chi connectivity index (χ2v) is 4.96. The first-order valence-corrected chi connectivity index (χ1v) is 5.53. The van der Waals surface area contributed by atoms with Gasteiger partial charge in [-0.25, -0.2) is 13.1 Å². The summed E-state index contributed by atoms with van der Waals surface area (Å²) in [4.78, 5) is 0.271. The Balaban J connectivity index is 0.00000144. The Kier molecular flexibility index (Phi) is 5.74. The molecule has 6 heteroatoms. The fraction of sp³-hybridized carbons (Fsp3) is 0.143. The predicted molar refractivity (Wildman–Crippen MR) is 57.5 cm³/mol. The average molecular weight is 274 g/mol. The Labute approximate surface area is 108 Å². The second kappa shape index (κ2) is 5.48. The Morgan fingerprint density at radius 1 is 1.23 bits per heavy atom. The van der Waals surface area contributed by atoms with E-state index >= 15 is 0 Å². The minimum absolute atomic E-state index is 0. The van der Waals surface area contributed by atoms with Crippen LogP contribution >= 0.6 is 15.9 Å². The van der Waals surface area contributed by atoms with E-state index in [1.165, 1.54) is 19.2 Å². The maximum atomic E-state index is 11.2. The van der Waals surface area contributed by atoms with E-state index in [1.54, 1.807) is 12.1 Å². The van der Waals surface area contributed by atoms with Gasteiger partial charge < -0.3 is 0 Å². The first-order chi connectivity index (χ1) is 5.56. The third-order valence-corrected chi connectivity index (χ3v) is 3.35. The molecule has 0 atom stereocenters. The molecule has 1 N–H and O–H groups in total. The van der Waals surface area contributed by atoms with Crippen molar-refractivity contribution in [2.75, 3.05) is 7.05 Å². The Morgan fingerprint density at radius 2 is 1.69 bits per heavy atom. The number of hydrogen-bond donors (Lipinski definition) is 1. The molecule has 68 valence electrons. The molecular formula is C7H9BrNNaO2S. The van der Waals surface area contributed by atoms with Crippen molar-refractivity contribution in [3.8, 4) is 0 Å². The number of benzene rings is 1. The Hall–Kier alpha value is 0.610. The van der Waals surface area contributed by atoms with Gasteiger partial charge in [-0.15, -0.1) is 0 Å². The summed E-state index contributed by atoms with van der Waals surface area (Å²) in [7, 11) is -1.90. The number of nitrogens with one attached hydrogen (secondary N) is 1. The molecule has 0 heterocycles. The van der Waals surface area contributed by atoms with Gasteiger partial charge in [-0.2, -0.15) is 0 Å². The van der Waals surface area contributed by atoms with Gasteiger partial charge in [0.05, 0.1) is 4.90 Å². The number of rotatable bonds is 2. The van der Waals surface area contributed by atoms with Crippen molar-refractivity contribution < 1.29 is 8.42 Å². The van der Waals surface area contributed by atoms with Crippen molar-refractivity contribution >= 4 is 55.5 Å². The minimum atomic E-state index is -3.29. The van der Waals surface area contributed by atoms with Crippen LogP contribution in [0.1, 0.15) is 0 Å². The Bertz CT molecular complexity index is 363. The van der Waals surface area contributed by atoms with Gasteiger partial charge in [0.25, 0.3) is 0 Å². The molecule has 0 aromatic heterocycles. The second-order valence-electron chi connectivity index (χ2n) is 2.16. The van der Waals surface area contributed by atoms with Gasteiger partial charge in [0.15, 0.2) is 0 Å². The zero-order chi connectivity index (χ0) is 9.19. The molecule has 0 amide bonds. The molecule has 1 aromatic rings. The van der Waals surface area contributed by atoms with Gasteiger partial charge in [0.2, 0.25) is 10.0 Å². The molecule has 0 unspecified atom stereocenters. The van der Waals surface area contributed by atoms with Crippen LogP contribution in [0.5, 0.6) is 0 Å². The zero-order valence-electron chi connectivity index (χ0n) is 6.41. The van der Waals surface area contributed by atoms with Crippen LogP contribution in [-0.2, 0) is 10.0 Å². The van der Waals surface area contributed by atoms with E-state index in [2.05, 4.69) is 20.7 Å². The molecular weight excluding hydrogens is 265 g/mol. The topological polar surface area (TPSA) is 46.2 Å². The first kappa shape index (κ1) is 13.6. The molecule has 0 aliphatic carbocycles.